The van der Waals surface area contributed by atoms with E-state index in [2.05, 4.69) is 39.7 Å². The molecule has 0 atom stereocenters. The van der Waals surface area contributed by atoms with Gasteiger partial charge in [0.2, 0.25) is 5.54 Å². The molecular formula is C20H28N4O. The number of benzene rings is 1. The second-order valence-electron chi connectivity index (χ2n) is 8.19. The lowest BCUT2D eigenvalue weighted by atomic mass is 9.69. The third-order valence-electron chi connectivity index (χ3n) is 5.90. The van der Waals surface area contributed by atoms with E-state index in [1.165, 1.54) is 5.56 Å². The zero-order chi connectivity index (χ0) is 18.1. The monoisotopic (exact) mass is 340 g/mol. The average molecular weight is 340 g/mol. The Morgan fingerprint density at radius 2 is 1.88 bits per heavy atom. The van der Waals surface area contributed by atoms with Gasteiger partial charge in [-0.3, -0.25) is 0 Å². The molecule has 1 heterocycles. The summed E-state index contributed by atoms with van der Waals surface area (Å²) in [5, 5.41) is 6.78. The predicted octanol–water partition coefficient (Wildman–Crippen LogP) is 3.14. The summed E-state index contributed by atoms with van der Waals surface area (Å²) in [5.74, 6) is 0. The smallest absolute Gasteiger partial charge is 0.318 e. The minimum absolute atomic E-state index is 0.0135. The number of hydrogen-bond acceptors (Lipinski definition) is 2. The highest BCUT2D eigenvalue weighted by Crippen LogP contribution is 2.43. The van der Waals surface area contributed by atoms with E-state index < -0.39 is 5.54 Å². The van der Waals surface area contributed by atoms with Crippen molar-refractivity contribution >= 4 is 6.03 Å². The number of nitrogens with one attached hydrogen (secondary N) is 2. The fraction of sp³-hybridized carbons (Fsp3) is 0.600. The van der Waals surface area contributed by atoms with Gasteiger partial charge in [0.05, 0.1) is 12.1 Å². The van der Waals surface area contributed by atoms with Crippen molar-refractivity contribution in [3.05, 3.63) is 47.3 Å². The quantitative estimate of drug-likeness (QED) is 0.827. The van der Waals surface area contributed by atoms with E-state index in [0.29, 0.717) is 13.1 Å². The molecule has 1 aliphatic heterocycles. The Morgan fingerprint density at radius 3 is 2.44 bits per heavy atom. The molecule has 0 radical (unpaired) electrons. The van der Waals surface area contributed by atoms with Crippen molar-refractivity contribution in [3.63, 3.8) is 0 Å². The number of rotatable bonds is 4. The van der Waals surface area contributed by atoms with E-state index in [1.807, 2.05) is 31.9 Å². The molecule has 3 rings (SSSR count). The van der Waals surface area contributed by atoms with Gasteiger partial charge in [-0.2, -0.15) is 0 Å². The Bertz CT molecular complexity index is 669. The molecule has 5 nitrogen and oxygen atoms in total. The van der Waals surface area contributed by atoms with Gasteiger partial charge < -0.3 is 20.4 Å². The van der Waals surface area contributed by atoms with Gasteiger partial charge >= 0.3 is 6.03 Å². The molecular weight excluding hydrogens is 312 g/mol. The molecule has 1 aromatic carbocycles. The fourth-order valence-electron chi connectivity index (χ4n) is 4.29. The normalized spacial score (nSPS) is 29.5. The number of carbonyl (C=O) groups excluding carboxylic acids is 1. The lowest BCUT2D eigenvalue weighted by Gasteiger charge is -2.45. The fourth-order valence-corrected chi connectivity index (χ4v) is 4.29. The maximum Gasteiger partial charge on any atom is 0.318 e. The first-order valence-corrected chi connectivity index (χ1v) is 9.04. The second kappa shape index (κ2) is 6.34. The van der Waals surface area contributed by atoms with Gasteiger partial charge in [-0.1, -0.05) is 30.3 Å². The standard InChI is InChI=1S/C20H28N4O/c1-18(2,21-3)14-24-15-19(23-17(24)25)10-12-20(22-4,13-11-19)16-8-6-5-7-9-16/h5-9,22H,10-15H2,1-2,4H3,(H,23,25). The van der Waals surface area contributed by atoms with Crippen molar-refractivity contribution in [1.82, 2.24) is 15.5 Å². The van der Waals surface area contributed by atoms with Crippen LogP contribution in [0.2, 0.25) is 0 Å². The van der Waals surface area contributed by atoms with Crippen LogP contribution in [0.4, 0.5) is 4.79 Å². The van der Waals surface area contributed by atoms with Gasteiger partial charge in [-0.25, -0.2) is 11.4 Å². The summed E-state index contributed by atoms with van der Waals surface area (Å²) >= 11 is 0. The van der Waals surface area contributed by atoms with Crippen LogP contribution in [0.1, 0.15) is 45.1 Å². The highest BCUT2D eigenvalue weighted by Gasteiger charge is 2.49. The second-order valence-corrected chi connectivity index (χ2v) is 8.19. The predicted molar refractivity (Wildman–Crippen MR) is 99.2 cm³/mol. The topological polar surface area (TPSA) is 48.7 Å². The van der Waals surface area contributed by atoms with Crippen LogP contribution in [-0.2, 0) is 5.54 Å². The Labute approximate surface area is 150 Å². The van der Waals surface area contributed by atoms with Crippen molar-refractivity contribution in [1.29, 1.82) is 0 Å². The molecule has 134 valence electrons. The molecule has 2 aliphatic rings. The minimum Gasteiger partial charge on any atom is -0.331 e. The van der Waals surface area contributed by atoms with Crippen molar-refractivity contribution in [3.8, 4) is 0 Å². The molecule has 1 spiro atoms. The number of carbonyl (C=O) groups is 1. The summed E-state index contributed by atoms with van der Waals surface area (Å²) in [5.41, 5.74) is 0.629. The van der Waals surface area contributed by atoms with E-state index in [9.17, 15) is 4.79 Å². The molecule has 2 amide bonds. The summed E-state index contributed by atoms with van der Waals surface area (Å²) in [4.78, 5) is 17.9. The molecule has 2 N–H and O–H groups in total. The summed E-state index contributed by atoms with van der Waals surface area (Å²) < 4.78 is 0. The summed E-state index contributed by atoms with van der Waals surface area (Å²) in [6.45, 7) is 12.3. The van der Waals surface area contributed by atoms with E-state index in [-0.39, 0.29) is 17.1 Å². The number of hydrogen-bond donors (Lipinski definition) is 2. The third kappa shape index (κ3) is 3.36. The van der Waals surface area contributed by atoms with Crippen molar-refractivity contribution in [2.75, 3.05) is 20.1 Å². The van der Waals surface area contributed by atoms with Gasteiger partial charge in [0, 0.05) is 25.9 Å². The first-order chi connectivity index (χ1) is 11.8. The van der Waals surface area contributed by atoms with Gasteiger partial charge in [-0.05, 0) is 38.3 Å². The van der Waals surface area contributed by atoms with Crippen molar-refractivity contribution < 1.29 is 4.79 Å². The Morgan fingerprint density at radius 1 is 1.24 bits per heavy atom. The molecule has 5 heteroatoms. The Balaban J connectivity index is 1.72. The highest BCUT2D eigenvalue weighted by molar-refractivity contribution is 5.78. The van der Waals surface area contributed by atoms with Crippen LogP contribution in [-0.4, -0.2) is 42.1 Å². The van der Waals surface area contributed by atoms with Crippen LogP contribution in [0, 0.1) is 6.57 Å². The van der Waals surface area contributed by atoms with E-state index in [1.54, 1.807) is 0 Å². The molecule has 1 saturated carbocycles. The molecule has 0 unspecified atom stereocenters. The Hall–Kier alpha value is -2.06. The molecule has 1 aromatic rings. The van der Waals surface area contributed by atoms with E-state index in [0.717, 1.165) is 25.7 Å². The van der Waals surface area contributed by atoms with Crippen LogP contribution in [0.3, 0.4) is 0 Å². The van der Waals surface area contributed by atoms with Crippen LogP contribution in [0.15, 0.2) is 30.3 Å². The Kier molecular flexibility index (Phi) is 4.51. The molecule has 25 heavy (non-hydrogen) atoms. The number of urea groups is 1. The lowest BCUT2D eigenvalue weighted by Crippen LogP contribution is -2.53. The largest absolute Gasteiger partial charge is 0.331 e. The highest BCUT2D eigenvalue weighted by atomic mass is 16.2. The molecule has 2 fully saturated rings. The van der Waals surface area contributed by atoms with Crippen molar-refractivity contribution in [2.45, 2.75) is 56.1 Å². The maximum absolute atomic E-state index is 12.4. The van der Waals surface area contributed by atoms with Crippen LogP contribution in [0.5, 0.6) is 0 Å². The number of nitrogens with zero attached hydrogens (tertiary/aromatic N) is 2. The van der Waals surface area contributed by atoms with Gasteiger partial charge in [0.15, 0.2) is 0 Å². The summed E-state index contributed by atoms with van der Waals surface area (Å²) in [6.07, 6.45) is 3.88. The third-order valence-corrected chi connectivity index (χ3v) is 5.90. The van der Waals surface area contributed by atoms with Gasteiger partial charge in [-0.15, -0.1) is 0 Å². The van der Waals surface area contributed by atoms with Crippen LogP contribution < -0.4 is 10.6 Å². The maximum atomic E-state index is 12.4. The summed E-state index contributed by atoms with van der Waals surface area (Å²) in [6, 6.07) is 10.6. The first kappa shape index (κ1) is 17.8. The zero-order valence-electron chi connectivity index (χ0n) is 15.4. The van der Waals surface area contributed by atoms with Crippen molar-refractivity contribution in [2.24, 2.45) is 0 Å². The summed E-state index contributed by atoms with van der Waals surface area (Å²) in [7, 11) is 2.03. The SMILES string of the molecule is [C-]#[N+]C(C)(C)CN1CC2(CCC(NC)(c3ccccc3)CC2)NC1=O. The molecule has 0 aromatic heterocycles. The van der Waals surface area contributed by atoms with Crippen LogP contribution >= 0.6 is 0 Å². The van der Waals surface area contributed by atoms with Gasteiger partial charge in [0.25, 0.3) is 0 Å². The average Bonchev–Trinajstić information content (AvgIpc) is 2.91. The molecule has 1 saturated heterocycles. The van der Waals surface area contributed by atoms with E-state index in [4.69, 9.17) is 6.57 Å². The first-order valence-electron chi connectivity index (χ1n) is 9.04. The minimum atomic E-state index is -0.531. The van der Waals surface area contributed by atoms with Crippen LogP contribution in [0.25, 0.3) is 4.85 Å². The molecule has 1 aliphatic carbocycles. The van der Waals surface area contributed by atoms with E-state index >= 15 is 0 Å². The number of amides is 2. The molecule has 0 bridgehead atoms. The zero-order valence-corrected chi connectivity index (χ0v) is 15.4. The van der Waals surface area contributed by atoms with Gasteiger partial charge in [0.1, 0.15) is 0 Å². The lowest BCUT2D eigenvalue weighted by molar-refractivity contribution is 0.156.